The van der Waals surface area contributed by atoms with Gasteiger partial charge in [0, 0.05) is 18.4 Å². The van der Waals surface area contributed by atoms with Crippen molar-refractivity contribution in [3.8, 4) is 0 Å². The van der Waals surface area contributed by atoms with Gasteiger partial charge in [0.2, 0.25) is 5.91 Å². The summed E-state index contributed by atoms with van der Waals surface area (Å²) in [5, 5.41) is 3.49. The standard InChI is InChI=1S/C27H31N3O/c1-27(2,3)21-16-14-20(15-17-21)25(29-22-10-5-4-6-11-22)26(31)30-19-9-13-24(30)23-12-7-8-18-28-23/h4-8,10-12,14-18,24-25,29H,9,13,19H2,1-3H3. The number of likely N-dealkylation sites (tertiary alicyclic amines) is 1. The number of hydrogen-bond donors (Lipinski definition) is 1. The van der Waals surface area contributed by atoms with Gasteiger partial charge in [-0.25, -0.2) is 0 Å². The third kappa shape index (κ3) is 4.79. The summed E-state index contributed by atoms with van der Waals surface area (Å²) in [4.78, 5) is 20.4. The maximum absolute atomic E-state index is 13.9. The molecule has 0 saturated carbocycles. The zero-order valence-corrected chi connectivity index (χ0v) is 18.6. The summed E-state index contributed by atoms with van der Waals surface area (Å²) in [6.45, 7) is 7.37. The topological polar surface area (TPSA) is 45.2 Å². The van der Waals surface area contributed by atoms with Crippen LogP contribution < -0.4 is 5.32 Å². The van der Waals surface area contributed by atoms with E-state index in [1.54, 1.807) is 6.20 Å². The smallest absolute Gasteiger partial charge is 0.250 e. The van der Waals surface area contributed by atoms with Crippen LogP contribution in [0.3, 0.4) is 0 Å². The molecule has 1 fully saturated rings. The number of amides is 1. The first kappa shape index (κ1) is 21.1. The molecule has 2 atom stereocenters. The van der Waals surface area contributed by atoms with E-state index in [9.17, 15) is 4.79 Å². The zero-order valence-electron chi connectivity index (χ0n) is 18.6. The van der Waals surface area contributed by atoms with Crippen LogP contribution in [0.5, 0.6) is 0 Å². The van der Waals surface area contributed by atoms with Gasteiger partial charge in [0.1, 0.15) is 6.04 Å². The Labute approximate surface area is 185 Å². The number of benzene rings is 2. The van der Waals surface area contributed by atoms with Crippen LogP contribution in [0, 0.1) is 0 Å². The fraction of sp³-hybridized carbons (Fsp3) is 0.333. The van der Waals surface area contributed by atoms with E-state index < -0.39 is 6.04 Å². The molecule has 1 aliphatic heterocycles. The van der Waals surface area contributed by atoms with Crippen molar-refractivity contribution >= 4 is 11.6 Å². The maximum Gasteiger partial charge on any atom is 0.250 e. The lowest BCUT2D eigenvalue weighted by Crippen LogP contribution is -2.38. The first-order valence-electron chi connectivity index (χ1n) is 11.1. The van der Waals surface area contributed by atoms with Gasteiger partial charge in [-0.05, 0) is 53.6 Å². The molecular formula is C27H31N3O. The molecule has 1 aromatic heterocycles. The monoisotopic (exact) mass is 413 g/mol. The van der Waals surface area contributed by atoms with Gasteiger partial charge in [-0.1, -0.05) is 69.3 Å². The van der Waals surface area contributed by atoms with Gasteiger partial charge in [0.15, 0.2) is 0 Å². The Bertz CT molecular complexity index is 994. The lowest BCUT2D eigenvalue weighted by Gasteiger charge is -2.30. The molecule has 0 bridgehead atoms. The Hall–Kier alpha value is -3.14. The first-order chi connectivity index (χ1) is 14.9. The first-order valence-corrected chi connectivity index (χ1v) is 11.1. The van der Waals surface area contributed by atoms with Gasteiger partial charge < -0.3 is 10.2 Å². The molecule has 1 N–H and O–H groups in total. The Balaban J connectivity index is 1.66. The summed E-state index contributed by atoms with van der Waals surface area (Å²) in [6.07, 6.45) is 3.75. The molecule has 2 heterocycles. The Morgan fingerprint density at radius 3 is 2.35 bits per heavy atom. The normalized spacial score (nSPS) is 17.4. The molecule has 0 radical (unpaired) electrons. The van der Waals surface area contributed by atoms with Crippen molar-refractivity contribution < 1.29 is 4.79 Å². The minimum Gasteiger partial charge on any atom is -0.370 e. The predicted molar refractivity (Wildman–Crippen MR) is 126 cm³/mol. The van der Waals surface area contributed by atoms with Crippen LogP contribution in [0.25, 0.3) is 0 Å². The molecule has 4 heteroatoms. The van der Waals surface area contributed by atoms with Crippen LogP contribution >= 0.6 is 0 Å². The number of nitrogens with zero attached hydrogens (tertiary/aromatic N) is 2. The van der Waals surface area contributed by atoms with E-state index >= 15 is 0 Å². The van der Waals surface area contributed by atoms with Crippen molar-refractivity contribution in [1.29, 1.82) is 0 Å². The summed E-state index contributed by atoms with van der Waals surface area (Å²) in [5.41, 5.74) is 4.22. The van der Waals surface area contributed by atoms with Crippen LogP contribution in [0.1, 0.15) is 62.5 Å². The molecule has 0 spiro atoms. The van der Waals surface area contributed by atoms with Gasteiger partial charge in [-0.3, -0.25) is 9.78 Å². The number of rotatable bonds is 5. The van der Waals surface area contributed by atoms with Gasteiger partial charge in [0.25, 0.3) is 0 Å². The van der Waals surface area contributed by atoms with Crippen molar-refractivity contribution in [3.05, 3.63) is 95.8 Å². The fourth-order valence-corrected chi connectivity index (χ4v) is 4.24. The fourth-order valence-electron chi connectivity index (χ4n) is 4.24. The van der Waals surface area contributed by atoms with Crippen LogP contribution in [0.2, 0.25) is 0 Å². The average Bonchev–Trinajstić information content (AvgIpc) is 3.28. The van der Waals surface area contributed by atoms with Gasteiger partial charge in [-0.2, -0.15) is 0 Å². The highest BCUT2D eigenvalue weighted by molar-refractivity contribution is 5.86. The molecule has 1 aliphatic rings. The number of anilines is 1. The molecule has 31 heavy (non-hydrogen) atoms. The lowest BCUT2D eigenvalue weighted by molar-refractivity contribution is -0.133. The van der Waals surface area contributed by atoms with E-state index in [1.807, 2.05) is 53.4 Å². The number of carbonyl (C=O) groups is 1. The summed E-state index contributed by atoms with van der Waals surface area (Å²) in [7, 11) is 0. The molecular weight excluding hydrogens is 382 g/mol. The van der Waals surface area contributed by atoms with Crippen LogP contribution in [0.15, 0.2) is 79.0 Å². The number of aromatic nitrogens is 1. The second-order valence-electron chi connectivity index (χ2n) is 9.26. The molecule has 160 valence electrons. The third-order valence-electron chi connectivity index (χ3n) is 6.01. The van der Waals surface area contributed by atoms with Crippen molar-refractivity contribution in [2.24, 2.45) is 0 Å². The van der Waals surface area contributed by atoms with E-state index in [0.717, 1.165) is 36.3 Å². The summed E-state index contributed by atoms with van der Waals surface area (Å²) < 4.78 is 0. The lowest BCUT2D eigenvalue weighted by atomic mass is 9.86. The molecule has 4 nitrogen and oxygen atoms in total. The molecule has 0 aliphatic carbocycles. The minimum atomic E-state index is -0.444. The largest absolute Gasteiger partial charge is 0.370 e. The number of para-hydroxylation sites is 1. The molecule has 2 aromatic carbocycles. The van der Waals surface area contributed by atoms with E-state index in [-0.39, 0.29) is 17.4 Å². The van der Waals surface area contributed by atoms with E-state index in [0.29, 0.717) is 0 Å². The number of nitrogens with one attached hydrogen (secondary N) is 1. The number of hydrogen-bond acceptors (Lipinski definition) is 3. The molecule has 2 unspecified atom stereocenters. The Morgan fingerprint density at radius 1 is 1.00 bits per heavy atom. The summed E-state index contributed by atoms with van der Waals surface area (Å²) in [6, 6.07) is 23.9. The second kappa shape index (κ2) is 8.93. The second-order valence-corrected chi connectivity index (χ2v) is 9.26. The predicted octanol–water partition coefficient (Wildman–Crippen LogP) is 5.90. The third-order valence-corrected chi connectivity index (χ3v) is 6.01. The van der Waals surface area contributed by atoms with E-state index in [4.69, 9.17) is 0 Å². The van der Waals surface area contributed by atoms with Gasteiger partial charge in [0.05, 0.1) is 11.7 Å². The van der Waals surface area contributed by atoms with Crippen molar-refractivity contribution in [2.75, 3.05) is 11.9 Å². The molecule has 1 amide bonds. The maximum atomic E-state index is 13.9. The van der Waals surface area contributed by atoms with Crippen molar-refractivity contribution in [1.82, 2.24) is 9.88 Å². The van der Waals surface area contributed by atoms with Crippen LogP contribution in [-0.2, 0) is 10.2 Å². The Kier molecular flexibility index (Phi) is 6.08. The van der Waals surface area contributed by atoms with Gasteiger partial charge in [-0.15, -0.1) is 0 Å². The van der Waals surface area contributed by atoms with Crippen molar-refractivity contribution in [2.45, 2.75) is 51.1 Å². The van der Waals surface area contributed by atoms with Crippen LogP contribution in [-0.4, -0.2) is 22.3 Å². The Morgan fingerprint density at radius 2 is 1.71 bits per heavy atom. The average molecular weight is 414 g/mol. The van der Waals surface area contributed by atoms with Gasteiger partial charge >= 0.3 is 0 Å². The highest BCUT2D eigenvalue weighted by Crippen LogP contribution is 2.34. The van der Waals surface area contributed by atoms with E-state index in [1.165, 1.54) is 5.56 Å². The number of pyridine rings is 1. The molecule has 3 aromatic rings. The SMILES string of the molecule is CC(C)(C)c1ccc(C(Nc2ccccc2)C(=O)N2CCCC2c2ccccn2)cc1. The van der Waals surface area contributed by atoms with Crippen LogP contribution in [0.4, 0.5) is 5.69 Å². The summed E-state index contributed by atoms with van der Waals surface area (Å²) >= 11 is 0. The minimum absolute atomic E-state index is 0.0302. The quantitative estimate of drug-likeness (QED) is 0.567. The number of carbonyl (C=O) groups excluding carboxylic acids is 1. The summed E-state index contributed by atoms with van der Waals surface area (Å²) in [5.74, 6) is 0.0977. The zero-order chi connectivity index (χ0) is 21.8. The van der Waals surface area contributed by atoms with E-state index in [2.05, 4.69) is 55.3 Å². The highest BCUT2D eigenvalue weighted by Gasteiger charge is 2.35. The van der Waals surface area contributed by atoms with Crippen molar-refractivity contribution in [3.63, 3.8) is 0 Å². The molecule has 4 rings (SSSR count). The molecule has 1 saturated heterocycles. The highest BCUT2D eigenvalue weighted by atomic mass is 16.2.